The summed E-state index contributed by atoms with van der Waals surface area (Å²) < 4.78 is 59.8. The van der Waals surface area contributed by atoms with Gasteiger partial charge >= 0.3 is 6.18 Å². The summed E-state index contributed by atoms with van der Waals surface area (Å²) in [5, 5.41) is 4.78. The average molecular weight is 453 g/mol. The van der Waals surface area contributed by atoms with Crippen molar-refractivity contribution in [1.82, 2.24) is 15.6 Å². The van der Waals surface area contributed by atoms with Crippen LogP contribution >= 0.6 is 0 Å². The summed E-state index contributed by atoms with van der Waals surface area (Å²) in [6.07, 6.45) is -3.10. The topological polar surface area (TPSA) is 80.3 Å². The number of nitrogens with zero attached hydrogens (tertiary/aromatic N) is 1. The van der Waals surface area contributed by atoms with E-state index < -0.39 is 29.5 Å². The van der Waals surface area contributed by atoms with Gasteiger partial charge in [0.05, 0.1) is 12.8 Å². The van der Waals surface area contributed by atoms with Gasteiger partial charge in [-0.3, -0.25) is 14.6 Å². The van der Waals surface area contributed by atoms with Gasteiger partial charge in [0.25, 0.3) is 0 Å². The van der Waals surface area contributed by atoms with E-state index in [2.05, 4.69) is 10.3 Å². The van der Waals surface area contributed by atoms with Crippen molar-refractivity contribution in [3.63, 3.8) is 0 Å². The zero-order valence-corrected chi connectivity index (χ0v) is 17.3. The molecule has 0 spiro atoms. The Morgan fingerprint density at radius 1 is 1.31 bits per heavy atom. The SMILES string of the molecule is COc1ccc(CC2(CCC(=O)NC(c3ccccn3)C(F)(F)F)CCC(=O)N2)c(F)c1. The molecule has 0 saturated carbocycles. The summed E-state index contributed by atoms with van der Waals surface area (Å²) in [5.41, 5.74) is -0.935. The highest BCUT2D eigenvalue weighted by Gasteiger charge is 2.43. The van der Waals surface area contributed by atoms with E-state index in [4.69, 9.17) is 4.74 Å². The van der Waals surface area contributed by atoms with Crippen LogP contribution in [0.25, 0.3) is 0 Å². The summed E-state index contributed by atoms with van der Waals surface area (Å²) in [7, 11) is 1.41. The number of rotatable bonds is 8. The third kappa shape index (κ3) is 5.74. The number of amides is 2. The zero-order chi connectivity index (χ0) is 23.4. The van der Waals surface area contributed by atoms with Gasteiger partial charge in [-0.2, -0.15) is 13.2 Å². The van der Waals surface area contributed by atoms with Gasteiger partial charge in [-0.15, -0.1) is 0 Å². The lowest BCUT2D eigenvalue weighted by atomic mass is 9.84. The molecule has 1 aliphatic rings. The zero-order valence-electron chi connectivity index (χ0n) is 17.3. The van der Waals surface area contributed by atoms with E-state index in [1.54, 1.807) is 6.07 Å². The van der Waals surface area contributed by atoms with Crippen LogP contribution in [0.3, 0.4) is 0 Å². The maximum atomic E-state index is 14.4. The molecule has 2 unspecified atom stereocenters. The lowest BCUT2D eigenvalue weighted by molar-refractivity contribution is -0.164. The number of benzene rings is 1. The van der Waals surface area contributed by atoms with Crippen LogP contribution in [0, 0.1) is 5.82 Å². The van der Waals surface area contributed by atoms with Crippen LogP contribution in [0.1, 0.15) is 43.0 Å². The second kappa shape index (κ2) is 9.54. The number of carbonyl (C=O) groups is 2. The highest BCUT2D eigenvalue weighted by atomic mass is 19.4. The molecule has 0 aliphatic carbocycles. The van der Waals surface area contributed by atoms with E-state index in [0.29, 0.717) is 17.7 Å². The predicted molar refractivity (Wildman–Crippen MR) is 107 cm³/mol. The highest BCUT2D eigenvalue weighted by molar-refractivity contribution is 5.80. The van der Waals surface area contributed by atoms with E-state index in [9.17, 15) is 27.2 Å². The Bertz CT molecular complexity index is 969. The Balaban J connectivity index is 1.71. The van der Waals surface area contributed by atoms with Crippen molar-refractivity contribution in [2.75, 3.05) is 7.11 Å². The lowest BCUT2D eigenvalue weighted by Gasteiger charge is -2.30. The second-order valence-corrected chi connectivity index (χ2v) is 7.76. The van der Waals surface area contributed by atoms with Crippen LogP contribution in [0.15, 0.2) is 42.6 Å². The quantitative estimate of drug-likeness (QED) is 0.599. The number of carbonyl (C=O) groups excluding carboxylic acids is 2. The number of hydrogen-bond acceptors (Lipinski definition) is 4. The number of ether oxygens (including phenoxy) is 1. The minimum absolute atomic E-state index is 0.0584. The molecule has 10 heteroatoms. The largest absolute Gasteiger partial charge is 0.497 e. The molecular formula is C22H23F4N3O3. The molecule has 1 aliphatic heterocycles. The molecule has 172 valence electrons. The van der Waals surface area contributed by atoms with Gasteiger partial charge in [0, 0.05) is 30.6 Å². The van der Waals surface area contributed by atoms with Crippen molar-refractivity contribution in [3.05, 3.63) is 59.7 Å². The highest BCUT2D eigenvalue weighted by Crippen LogP contribution is 2.33. The molecule has 32 heavy (non-hydrogen) atoms. The number of alkyl halides is 3. The molecule has 2 atom stereocenters. The fourth-order valence-electron chi connectivity index (χ4n) is 3.80. The number of halogens is 4. The molecule has 0 bridgehead atoms. The van der Waals surface area contributed by atoms with E-state index >= 15 is 0 Å². The number of methoxy groups -OCH3 is 1. The Hall–Kier alpha value is -3.17. The monoisotopic (exact) mass is 453 g/mol. The fourth-order valence-corrected chi connectivity index (χ4v) is 3.80. The van der Waals surface area contributed by atoms with Crippen molar-refractivity contribution in [2.24, 2.45) is 0 Å². The molecule has 6 nitrogen and oxygen atoms in total. The van der Waals surface area contributed by atoms with Gasteiger partial charge in [0.1, 0.15) is 11.6 Å². The molecule has 1 saturated heterocycles. The lowest BCUT2D eigenvalue weighted by Crippen LogP contribution is -2.45. The van der Waals surface area contributed by atoms with Crippen molar-refractivity contribution in [2.45, 2.75) is 49.9 Å². The first kappa shape index (κ1) is 23.5. The van der Waals surface area contributed by atoms with Crippen LogP contribution in [-0.2, 0) is 16.0 Å². The van der Waals surface area contributed by atoms with Gasteiger partial charge in [0.2, 0.25) is 11.8 Å². The molecule has 2 N–H and O–H groups in total. The van der Waals surface area contributed by atoms with Gasteiger partial charge in [-0.1, -0.05) is 12.1 Å². The van der Waals surface area contributed by atoms with Crippen molar-refractivity contribution < 1.29 is 31.9 Å². The summed E-state index contributed by atoms with van der Waals surface area (Å²) in [6, 6.07) is 6.14. The maximum absolute atomic E-state index is 14.4. The van der Waals surface area contributed by atoms with E-state index in [-0.39, 0.29) is 37.3 Å². The summed E-state index contributed by atoms with van der Waals surface area (Å²) in [5.74, 6) is -1.28. The summed E-state index contributed by atoms with van der Waals surface area (Å²) in [4.78, 5) is 28.0. The molecule has 1 fully saturated rings. The first-order chi connectivity index (χ1) is 15.1. The Morgan fingerprint density at radius 2 is 2.09 bits per heavy atom. The van der Waals surface area contributed by atoms with E-state index in [0.717, 1.165) is 0 Å². The third-order valence-corrected chi connectivity index (χ3v) is 5.47. The van der Waals surface area contributed by atoms with Crippen LogP contribution in [0.4, 0.5) is 17.6 Å². The van der Waals surface area contributed by atoms with E-state index in [1.165, 1.54) is 43.6 Å². The first-order valence-corrected chi connectivity index (χ1v) is 10.0. The second-order valence-electron chi connectivity index (χ2n) is 7.76. The molecular weight excluding hydrogens is 430 g/mol. The molecule has 1 aromatic carbocycles. The van der Waals surface area contributed by atoms with E-state index in [1.807, 2.05) is 5.32 Å². The number of hydrogen-bond donors (Lipinski definition) is 2. The number of pyridine rings is 1. The predicted octanol–water partition coefficient (Wildman–Crippen LogP) is 3.62. The van der Waals surface area contributed by atoms with Crippen LogP contribution in [-0.4, -0.2) is 35.6 Å². The maximum Gasteiger partial charge on any atom is 0.414 e. The Kier molecular flexibility index (Phi) is 7.00. The Morgan fingerprint density at radius 3 is 2.66 bits per heavy atom. The molecule has 3 rings (SSSR count). The van der Waals surface area contributed by atoms with Crippen molar-refractivity contribution >= 4 is 11.8 Å². The van der Waals surface area contributed by atoms with Gasteiger partial charge < -0.3 is 15.4 Å². The van der Waals surface area contributed by atoms with Gasteiger partial charge in [-0.05, 0) is 43.0 Å². The number of nitrogens with one attached hydrogen (secondary N) is 2. The van der Waals surface area contributed by atoms with Crippen LogP contribution < -0.4 is 15.4 Å². The molecule has 0 radical (unpaired) electrons. The minimum atomic E-state index is -4.73. The van der Waals surface area contributed by atoms with Crippen LogP contribution in [0.2, 0.25) is 0 Å². The average Bonchev–Trinajstić information content (AvgIpc) is 3.12. The van der Waals surface area contributed by atoms with Gasteiger partial charge in [-0.25, -0.2) is 4.39 Å². The summed E-state index contributed by atoms with van der Waals surface area (Å²) >= 11 is 0. The standard InChI is InChI=1S/C22H23F4N3O3/c1-32-15-6-5-14(16(23)12-15)13-21(10-8-19(31)29-21)9-7-18(30)28-20(22(24,25)26)17-4-2-3-11-27-17/h2-6,11-12,20H,7-10,13H2,1H3,(H,28,30)(H,29,31). The van der Waals surface area contributed by atoms with Gasteiger partial charge in [0.15, 0.2) is 6.04 Å². The van der Waals surface area contributed by atoms with Crippen LogP contribution in [0.5, 0.6) is 5.75 Å². The normalized spacial score (nSPS) is 19.3. The van der Waals surface area contributed by atoms with Crippen molar-refractivity contribution in [3.8, 4) is 5.75 Å². The third-order valence-electron chi connectivity index (χ3n) is 5.47. The Labute approximate surface area is 182 Å². The minimum Gasteiger partial charge on any atom is -0.497 e. The molecule has 2 aromatic rings. The first-order valence-electron chi connectivity index (χ1n) is 10.0. The fraction of sp³-hybridized carbons (Fsp3) is 0.409. The molecule has 2 heterocycles. The summed E-state index contributed by atoms with van der Waals surface area (Å²) in [6.45, 7) is 0. The van der Waals surface area contributed by atoms with Crippen molar-refractivity contribution in [1.29, 1.82) is 0 Å². The molecule has 2 amide bonds. The number of aromatic nitrogens is 1. The smallest absolute Gasteiger partial charge is 0.414 e. The molecule has 1 aromatic heterocycles.